The van der Waals surface area contributed by atoms with Gasteiger partial charge in [-0.1, -0.05) is 24.3 Å². The summed E-state index contributed by atoms with van der Waals surface area (Å²) in [6.45, 7) is 1.58. The van der Waals surface area contributed by atoms with E-state index in [9.17, 15) is 9.59 Å². The molecule has 2 aromatic rings. The van der Waals surface area contributed by atoms with Crippen molar-refractivity contribution in [2.75, 3.05) is 5.32 Å². The number of carboxylic acid groups (broad SMARTS) is 1. The Labute approximate surface area is 116 Å². The lowest BCUT2D eigenvalue weighted by Crippen LogP contribution is -2.13. The van der Waals surface area contributed by atoms with Crippen LogP contribution in [-0.2, 0) is 4.79 Å². The fourth-order valence-electron chi connectivity index (χ4n) is 1.66. The molecule has 0 saturated carbocycles. The minimum atomic E-state index is -0.909. The highest BCUT2D eigenvalue weighted by Crippen LogP contribution is 2.16. The van der Waals surface area contributed by atoms with E-state index in [-0.39, 0.29) is 5.91 Å². The van der Waals surface area contributed by atoms with Gasteiger partial charge in [0.1, 0.15) is 5.82 Å². The number of benzene rings is 1. The Morgan fingerprint density at radius 2 is 1.85 bits per heavy atom. The van der Waals surface area contributed by atoms with Crippen molar-refractivity contribution in [1.82, 2.24) is 4.98 Å². The summed E-state index contributed by atoms with van der Waals surface area (Å²) in [7, 11) is 0. The molecule has 0 saturated heterocycles. The van der Waals surface area contributed by atoms with Crippen LogP contribution in [0.15, 0.2) is 48.7 Å². The van der Waals surface area contributed by atoms with Crippen molar-refractivity contribution >= 4 is 17.7 Å². The minimum absolute atomic E-state index is 0.253. The first-order chi connectivity index (χ1) is 9.58. The van der Waals surface area contributed by atoms with Gasteiger partial charge in [-0.05, 0) is 30.7 Å². The topological polar surface area (TPSA) is 79.3 Å². The quantitative estimate of drug-likeness (QED) is 0.894. The van der Waals surface area contributed by atoms with Crippen LogP contribution >= 0.6 is 0 Å². The Hall–Kier alpha value is -2.69. The second-order valence-corrected chi connectivity index (χ2v) is 4.36. The number of aromatic nitrogens is 1. The van der Waals surface area contributed by atoms with Crippen molar-refractivity contribution in [1.29, 1.82) is 0 Å². The van der Waals surface area contributed by atoms with Crippen LogP contribution in [0.2, 0.25) is 0 Å². The second-order valence-electron chi connectivity index (χ2n) is 4.36. The number of carbonyl (C=O) groups excluding carboxylic acids is 1. The highest BCUT2D eigenvalue weighted by Gasteiger charge is 2.14. The van der Waals surface area contributed by atoms with E-state index >= 15 is 0 Å². The average Bonchev–Trinajstić information content (AvgIpc) is 2.48. The molecule has 5 nitrogen and oxygen atoms in total. The van der Waals surface area contributed by atoms with Gasteiger partial charge in [-0.25, -0.2) is 4.98 Å². The Kier molecular flexibility index (Phi) is 4.10. The number of aliphatic carboxylic acids is 1. The largest absolute Gasteiger partial charge is 0.481 e. The normalized spacial score (nSPS) is 11.7. The summed E-state index contributed by atoms with van der Waals surface area (Å²) in [5, 5.41) is 11.6. The molecule has 2 N–H and O–H groups in total. The fraction of sp³-hybridized carbons (Fsp3) is 0.133. The van der Waals surface area contributed by atoms with Crippen LogP contribution in [-0.4, -0.2) is 22.0 Å². The highest BCUT2D eigenvalue weighted by atomic mass is 16.4. The van der Waals surface area contributed by atoms with Crippen LogP contribution in [0.4, 0.5) is 5.82 Å². The lowest BCUT2D eigenvalue weighted by molar-refractivity contribution is -0.138. The summed E-state index contributed by atoms with van der Waals surface area (Å²) in [5.41, 5.74) is 1.13. The number of carbonyl (C=O) groups is 2. The smallest absolute Gasteiger partial charge is 0.310 e. The van der Waals surface area contributed by atoms with Crippen LogP contribution in [0.25, 0.3) is 0 Å². The molecule has 0 bridgehead atoms. The van der Waals surface area contributed by atoms with Crippen LogP contribution in [0, 0.1) is 0 Å². The predicted molar refractivity (Wildman–Crippen MR) is 74.7 cm³/mol. The van der Waals surface area contributed by atoms with Crippen LogP contribution in [0.1, 0.15) is 28.8 Å². The van der Waals surface area contributed by atoms with Gasteiger partial charge >= 0.3 is 5.97 Å². The highest BCUT2D eigenvalue weighted by molar-refractivity contribution is 6.03. The van der Waals surface area contributed by atoms with Gasteiger partial charge in [0.05, 0.1) is 5.92 Å². The molecule has 0 aliphatic rings. The Morgan fingerprint density at radius 1 is 1.15 bits per heavy atom. The molecule has 20 heavy (non-hydrogen) atoms. The molecule has 5 heteroatoms. The summed E-state index contributed by atoms with van der Waals surface area (Å²) in [6.07, 6.45) is 1.46. The van der Waals surface area contributed by atoms with Crippen molar-refractivity contribution < 1.29 is 14.7 Å². The lowest BCUT2D eigenvalue weighted by atomic mass is 10.0. The zero-order valence-electron chi connectivity index (χ0n) is 10.9. The number of rotatable bonds is 4. The Balaban J connectivity index is 2.08. The third-order valence-corrected chi connectivity index (χ3v) is 2.93. The van der Waals surface area contributed by atoms with Gasteiger partial charge in [-0.3, -0.25) is 9.59 Å². The number of nitrogens with one attached hydrogen (secondary N) is 1. The molecule has 0 fully saturated rings. The molecule has 0 aliphatic carbocycles. The number of hydrogen-bond acceptors (Lipinski definition) is 3. The van der Waals surface area contributed by atoms with Gasteiger partial charge in [-0.15, -0.1) is 0 Å². The summed E-state index contributed by atoms with van der Waals surface area (Å²) in [5.74, 6) is -1.40. The molecule has 1 heterocycles. The molecule has 1 aromatic carbocycles. The standard InChI is InChI=1S/C15H14N2O3/c1-10(15(19)20)12-7-8-13(16-9-12)17-14(18)11-5-3-2-4-6-11/h2-10H,1H3,(H,19,20)(H,16,17,18). The molecule has 2 rings (SSSR count). The number of amides is 1. The SMILES string of the molecule is CC(C(=O)O)c1ccc(NC(=O)c2ccccc2)nc1. The fourth-order valence-corrected chi connectivity index (χ4v) is 1.66. The molecule has 0 spiro atoms. The van der Waals surface area contributed by atoms with E-state index in [1.807, 2.05) is 6.07 Å². The third-order valence-electron chi connectivity index (χ3n) is 2.93. The van der Waals surface area contributed by atoms with E-state index in [2.05, 4.69) is 10.3 Å². The molecule has 1 unspecified atom stereocenters. The Morgan fingerprint density at radius 3 is 2.40 bits per heavy atom. The predicted octanol–water partition coefficient (Wildman–Crippen LogP) is 2.52. The van der Waals surface area contributed by atoms with Crippen LogP contribution in [0.5, 0.6) is 0 Å². The molecule has 1 aromatic heterocycles. The summed E-state index contributed by atoms with van der Waals surface area (Å²) in [6, 6.07) is 12.0. The van der Waals surface area contributed by atoms with Crippen molar-refractivity contribution in [3.05, 3.63) is 59.8 Å². The number of pyridine rings is 1. The van der Waals surface area contributed by atoms with Gasteiger partial charge < -0.3 is 10.4 Å². The molecule has 102 valence electrons. The van der Waals surface area contributed by atoms with Crippen molar-refractivity contribution in [3.63, 3.8) is 0 Å². The first-order valence-electron chi connectivity index (χ1n) is 6.13. The van der Waals surface area contributed by atoms with Crippen molar-refractivity contribution in [2.45, 2.75) is 12.8 Å². The first-order valence-corrected chi connectivity index (χ1v) is 6.13. The van der Waals surface area contributed by atoms with E-state index in [1.54, 1.807) is 43.3 Å². The van der Waals surface area contributed by atoms with Gasteiger partial charge in [0.15, 0.2) is 0 Å². The zero-order valence-corrected chi connectivity index (χ0v) is 10.9. The van der Waals surface area contributed by atoms with Gasteiger partial charge in [0, 0.05) is 11.8 Å². The third kappa shape index (κ3) is 3.20. The monoisotopic (exact) mass is 270 g/mol. The number of nitrogens with zero attached hydrogens (tertiary/aromatic N) is 1. The molecule has 1 amide bonds. The van der Waals surface area contributed by atoms with Gasteiger partial charge in [0.25, 0.3) is 5.91 Å². The zero-order chi connectivity index (χ0) is 14.5. The average molecular weight is 270 g/mol. The summed E-state index contributed by atoms with van der Waals surface area (Å²) < 4.78 is 0. The maximum Gasteiger partial charge on any atom is 0.310 e. The van der Waals surface area contributed by atoms with E-state index in [4.69, 9.17) is 5.11 Å². The number of carboxylic acids is 1. The maximum absolute atomic E-state index is 11.9. The van der Waals surface area contributed by atoms with Crippen LogP contribution < -0.4 is 5.32 Å². The lowest BCUT2D eigenvalue weighted by Gasteiger charge is -2.08. The maximum atomic E-state index is 11.9. The second kappa shape index (κ2) is 5.97. The van der Waals surface area contributed by atoms with Crippen molar-refractivity contribution in [3.8, 4) is 0 Å². The van der Waals surface area contributed by atoms with Crippen LogP contribution in [0.3, 0.4) is 0 Å². The van der Waals surface area contributed by atoms with Gasteiger partial charge in [-0.2, -0.15) is 0 Å². The molecule has 1 atom stereocenters. The first kappa shape index (κ1) is 13.7. The van der Waals surface area contributed by atoms with E-state index < -0.39 is 11.9 Å². The summed E-state index contributed by atoms with van der Waals surface area (Å²) >= 11 is 0. The molecule has 0 radical (unpaired) electrons. The molecule has 0 aliphatic heterocycles. The molecular weight excluding hydrogens is 256 g/mol. The molecular formula is C15H14N2O3. The van der Waals surface area contributed by atoms with Crippen molar-refractivity contribution in [2.24, 2.45) is 0 Å². The summed E-state index contributed by atoms with van der Waals surface area (Å²) in [4.78, 5) is 26.8. The number of hydrogen-bond donors (Lipinski definition) is 2. The van der Waals surface area contributed by atoms with Gasteiger partial charge in [0.2, 0.25) is 0 Å². The minimum Gasteiger partial charge on any atom is -0.481 e. The van der Waals surface area contributed by atoms with E-state index in [0.717, 1.165) is 0 Å². The number of anilines is 1. The van der Waals surface area contributed by atoms with E-state index in [1.165, 1.54) is 6.20 Å². The van der Waals surface area contributed by atoms with E-state index in [0.29, 0.717) is 16.9 Å². The Bertz CT molecular complexity index is 609.